The molecule has 102 valence electrons. The van der Waals surface area contributed by atoms with Crippen molar-refractivity contribution in [2.75, 3.05) is 33.8 Å². The number of aromatic nitrogens is 2. The number of hydrogen-bond acceptors (Lipinski definition) is 5. The van der Waals surface area contributed by atoms with E-state index in [0.717, 1.165) is 18.8 Å². The molecule has 18 heavy (non-hydrogen) atoms. The first-order valence-corrected chi connectivity index (χ1v) is 6.09. The van der Waals surface area contributed by atoms with Gasteiger partial charge in [0, 0.05) is 26.7 Å². The van der Waals surface area contributed by atoms with Crippen LogP contribution in [0, 0.1) is 0 Å². The molecule has 0 fully saturated rings. The third-order valence-electron chi connectivity index (χ3n) is 2.59. The number of nitrogens with one attached hydrogen (secondary N) is 1. The Morgan fingerprint density at radius 3 is 2.89 bits per heavy atom. The van der Waals surface area contributed by atoms with Crippen molar-refractivity contribution in [2.24, 2.45) is 7.05 Å². The van der Waals surface area contributed by atoms with Crippen LogP contribution in [0.2, 0.25) is 0 Å². The Labute approximate surface area is 108 Å². The lowest BCUT2D eigenvalue weighted by Crippen LogP contribution is -2.27. The van der Waals surface area contributed by atoms with Gasteiger partial charge in [-0.15, -0.1) is 0 Å². The van der Waals surface area contributed by atoms with Gasteiger partial charge in [0.15, 0.2) is 0 Å². The van der Waals surface area contributed by atoms with E-state index in [9.17, 15) is 4.79 Å². The van der Waals surface area contributed by atoms with Crippen LogP contribution in [0.5, 0.6) is 0 Å². The molecule has 0 saturated heterocycles. The summed E-state index contributed by atoms with van der Waals surface area (Å²) in [6.45, 7) is 4.59. The summed E-state index contributed by atoms with van der Waals surface area (Å²) in [5, 5.41) is 7.39. The highest BCUT2D eigenvalue weighted by molar-refractivity contribution is 5.90. The minimum atomic E-state index is -0.310. The monoisotopic (exact) mass is 254 g/mol. The van der Waals surface area contributed by atoms with Crippen LogP contribution in [0.15, 0.2) is 6.20 Å². The lowest BCUT2D eigenvalue weighted by Gasteiger charge is -2.11. The molecule has 6 nitrogen and oxygen atoms in total. The molecule has 0 saturated carbocycles. The molecule has 0 spiro atoms. The average molecular weight is 254 g/mol. The second-order valence-corrected chi connectivity index (χ2v) is 4.33. The number of likely N-dealkylation sites (N-methyl/N-ethyl adjacent to an activating group) is 1. The van der Waals surface area contributed by atoms with Crippen LogP contribution in [-0.4, -0.2) is 54.4 Å². The van der Waals surface area contributed by atoms with Gasteiger partial charge >= 0.3 is 5.97 Å². The van der Waals surface area contributed by atoms with Crippen molar-refractivity contribution in [3.63, 3.8) is 0 Å². The van der Waals surface area contributed by atoms with Crippen LogP contribution < -0.4 is 5.32 Å². The fourth-order valence-corrected chi connectivity index (χ4v) is 1.56. The molecule has 0 aromatic carbocycles. The van der Waals surface area contributed by atoms with Crippen LogP contribution in [0.1, 0.15) is 23.0 Å². The smallest absolute Gasteiger partial charge is 0.341 e. The minimum absolute atomic E-state index is 0.310. The van der Waals surface area contributed by atoms with E-state index in [-0.39, 0.29) is 5.97 Å². The Morgan fingerprint density at radius 1 is 1.56 bits per heavy atom. The number of hydrogen-bond donors (Lipinski definition) is 1. The van der Waals surface area contributed by atoms with Crippen LogP contribution in [0.4, 0.5) is 0 Å². The molecular formula is C12H22N4O2. The van der Waals surface area contributed by atoms with Crippen molar-refractivity contribution < 1.29 is 9.53 Å². The van der Waals surface area contributed by atoms with Crippen LogP contribution in [0.3, 0.4) is 0 Å². The molecule has 0 aliphatic heterocycles. The number of esters is 1. The molecule has 1 aromatic heterocycles. The normalized spacial score (nSPS) is 10.9. The Hall–Kier alpha value is -1.40. The van der Waals surface area contributed by atoms with E-state index in [2.05, 4.69) is 15.3 Å². The van der Waals surface area contributed by atoms with Gasteiger partial charge in [0.05, 0.1) is 18.5 Å². The number of carbonyl (C=O) groups is 1. The lowest BCUT2D eigenvalue weighted by atomic mass is 10.2. The zero-order valence-electron chi connectivity index (χ0n) is 11.6. The van der Waals surface area contributed by atoms with E-state index in [1.807, 2.05) is 21.1 Å². The molecule has 0 unspecified atom stereocenters. The first kappa shape index (κ1) is 14.7. The molecule has 0 aliphatic rings. The van der Waals surface area contributed by atoms with Crippen molar-refractivity contribution in [2.45, 2.75) is 13.5 Å². The molecule has 1 rings (SSSR count). The number of aryl methyl sites for hydroxylation is 1. The summed E-state index contributed by atoms with van der Waals surface area (Å²) >= 11 is 0. The maximum atomic E-state index is 11.7. The Bertz CT molecular complexity index is 387. The van der Waals surface area contributed by atoms with Gasteiger partial charge in [-0.3, -0.25) is 4.68 Å². The van der Waals surface area contributed by atoms with Crippen molar-refractivity contribution in [1.29, 1.82) is 0 Å². The van der Waals surface area contributed by atoms with Gasteiger partial charge in [-0.25, -0.2) is 4.79 Å². The quantitative estimate of drug-likeness (QED) is 0.558. The fraction of sp³-hybridized carbons (Fsp3) is 0.667. The number of carbonyl (C=O) groups excluding carboxylic acids is 1. The lowest BCUT2D eigenvalue weighted by molar-refractivity contribution is 0.0524. The summed E-state index contributed by atoms with van der Waals surface area (Å²) in [7, 11) is 5.87. The van der Waals surface area contributed by atoms with Crippen molar-refractivity contribution in [3.05, 3.63) is 17.5 Å². The van der Waals surface area contributed by atoms with Gasteiger partial charge in [-0.1, -0.05) is 0 Å². The van der Waals surface area contributed by atoms with Gasteiger partial charge < -0.3 is 15.0 Å². The summed E-state index contributed by atoms with van der Waals surface area (Å²) in [4.78, 5) is 13.8. The van der Waals surface area contributed by atoms with E-state index in [4.69, 9.17) is 4.74 Å². The number of rotatable bonds is 7. The molecule has 0 radical (unpaired) electrons. The maximum absolute atomic E-state index is 11.7. The number of nitrogens with zero attached hydrogens (tertiary/aromatic N) is 3. The van der Waals surface area contributed by atoms with Gasteiger partial charge in [-0.2, -0.15) is 5.10 Å². The van der Waals surface area contributed by atoms with E-state index >= 15 is 0 Å². The third-order valence-corrected chi connectivity index (χ3v) is 2.59. The average Bonchev–Trinajstić information content (AvgIpc) is 2.66. The summed E-state index contributed by atoms with van der Waals surface area (Å²) in [5.41, 5.74) is 1.39. The Morgan fingerprint density at radius 2 is 2.28 bits per heavy atom. The predicted octanol–water partition coefficient (Wildman–Crippen LogP) is 0.248. The van der Waals surface area contributed by atoms with E-state index in [0.29, 0.717) is 18.7 Å². The summed E-state index contributed by atoms with van der Waals surface area (Å²) in [6, 6.07) is 0. The molecule has 0 atom stereocenters. The zero-order valence-corrected chi connectivity index (χ0v) is 11.6. The standard InChI is InChI=1S/C12H22N4O2/c1-5-18-12(17)10-8-14-16(4)11(10)9-13-6-7-15(2)3/h8,13H,5-7,9H2,1-4H3. The molecular weight excluding hydrogens is 232 g/mol. The largest absolute Gasteiger partial charge is 0.462 e. The van der Waals surface area contributed by atoms with Gasteiger partial charge in [0.25, 0.3) is 0 Å². The van der Waals surface area contributed by atoms with Crippen molar-refractivity contribution in [3.8, 4) is 0 Å². The molecule has 1 N–H and O–H groups in total. The SMILES string of the molecule is CCOC(=O)c1cnn(C)c1CNCCN(C)C. The Balaban J connectivity index is 2.58. The molecule has 0 amide bonds. The molecule has 0 aliphatic carbocycles. The molecule has 6 heteroatoms. The van der Waals surface area contributed by atoms with Crippen LogP contribution in [-0.2, 0) is 18.3 Å². The summed E-state index contributed by atoms with van der Waals surface area (Å²) in [5.74, 6) is -0.310. The van der Waals surface area contributed by atoms with Crippen molar-refractivity contribution >= 4 is 5.97 Å². The Kier molecular flexibility index (Phi) is 5.80. The second-order valence-electron chi connectivity index (χ2n) is 4.33. The maximum Gasteiger partial charge on any atom is 0.341 e. The highest BCUT2D eigenvalue weighted by Crippen LogP contribution is 2.08. The highest BCUT2D eigenvalue weighted by Gasteiger charge is 2.16. The molecule has 1 heterocycles. The first-order chi connectivity index (χ1) is 8.56. The molecule has 1 aromatic rings. The highest BCUT2D eigenvalue weighted by atomic mass is 16.5. The predicted molar refractivity (Wildman–Crippen MR) is 69.4 cm³/mol. The second kappa shape index (κ2) is 7.13. The van der Waals surface area contributed by atoms with Gasteiger partial charge in [-0.05, 0) is 21.0 Å². The summed E-state index contributed by atoms with van der Waals surface area (Å²) in [6.07, 6.45) is 1.56. The topological polar surface area (TPSA) is 59.4 Å². The zero-order chi connectivity index (χ0) is 13.5. The molecule has 0 bridgehead atoms. The van der Waals surface area contributed by atoms with E-state index < -0.39 is 0 Å². The van der Waals surface area contributed by atoms with Gasteiger partial charge in [0.2, 0.25) is 0 Å². The van der Waals surface area contributed by atoms with E-state index in [1.165, 1.54) is 0 Å². The van der Waals surface area contributed by atoms with Crippen molar-refractivity contribution in [1.82, 2.24) is 20.0 Å². The van der Waals surface area contributed by atoms with Gasteiger partial charge in [0.1, 0.15) is 5.56 Å². The fourth-order valence-electron chi connectivity index (χ4n) is 1.56. The van der Waals surface area contributed by atoms with Crippen LogP contribution in [0.25, 0.3) is 0 Å². The van der Waals surface area contributed by atoms with Crippen LogP contribution >= 0.6 is 0 Å². The third kappa shape index (κ3) is 4.12. The minimum Gasteiger partial charge on any atom is -0.462 e. The summed E-state index contributed by atoms with van der Waals surface area (Å²) < 4.78 is 6.70. The van der Waals surface area contributed by atoms with E-state index in [1.54, 1.807) is 17.8 Å². The first-order valence-electron chi connectivity index (χ1n) is 6.09. The number of ether oxygens (including phenoxy) is 1.